The van der Waals surface area contributed by atoms with Gasteiger partial charge in [-0.3, -0.25) is 14.7 Å². The van der Waals surface area contributed by atoms with Crippen LogP contribution in [-0.2, 0) is 9.09 Å². The van der Waals surface area contributed by atoms with Gasteiger partial charge in [-0.25, -0.2) is 0 Å². The van der Waals surface area contributed by atoms with Crippen molar-refractivity contribution in [1.82, 2.24) is 0 Å². The molecule has 1 rings (SSSR count). The Morgan fingerprint density at radius 1 is 1.38 bits per heavy atom. The second-order valence-corrected chi connectivity index (χ2v) is 4.04. The molecule has 88 valence electrons. The zero-order valence-corrected chi connectivity index (χ0v) is 9.25. The summed E-state index contributed by atoms with van der Waals surface area (Å²) in [6, 6.07) is 4.64. The van der Waals surface area contributed by atoms with Gasteiger partial charge in [-0.05, 0) is 19.1 Å². The van der Waals surface area contributed by atoms with Crippen molar-refractivity contribution in [3.8, 4) is 5.75 Å². The molecule has 0 aliphatic carbocycles. The first kappa shape index (κ1) is 12.6. The number of nitro benzene ring substituents is 1. The van der Waals surface area contributed by atoms with Gasteiger partial charge in [0.1, 0.15) is 5.75 Å². The van der Waals surface area contributed by atoms with Gasteiger partial charge in [-0.15, -0.1) is 0 Å². The van der Waals surface area contributed by atoms with Crippen molar-refractivity contribution in [2.75, 3.05) is 6.61 Å². The molecule has 1 aromatic rings. The standard InChI is InChI=1S/C8H10NO6P/c1-2-14-16(12,13)15-8-5-3-7(4-6-8)9(10)11/h3-6H,2H2,1H3,(H,12,13)/p-1. The summed E-state index contributed by atoms with van der Waals surface area (Å²) in [5.41, 5.74) is -0.149. The fourth-order valence-electron chi connectivity index (χ4n) is 0.942. The predicted octanol–water partition coefficient (Wildman–Crippen LogP) is 1.48. The Balaban J connectivity index is 2.76. The number of non-ortho nitro benzene ring substituents is 1. The van der Waals surface area contributed by atoms with Crippen LogP contribution in [0.4, 0.5) is 5.69 Å². The zero-order chi connectivity index (χ0) is 12.2. The third kappa shape index (κ3) is 3.62. The molecule has 0 saturated heterocycles. The van der Waals surface area contributed by atoms with E-state index >= 15 is 0 Å². The summed E-state index contributed by atoms with van der Waals surface area (Å²) in [6.07, 6.45) is 0. The number of rotatable bonds is 5. The van der Waals surface area contributed by atoms with Gasteiger partial charge in [0.05, 0.1) is 11.5 Å². The molecule has 0 fully saturated rings. The Kier molecular flexibility index (Phi) is 4.00. The summed E-state index contributed by atoms with van der Waals surface area (Å²) < 4.78 is 20.0. The van der Waals surface area contributed by atoms with E-state index in [1.807, 2.05) is 0 Å². The van der Waals surface area contributed by atoms with Crippen LogP contribution in [0.3, 0.4) is 0 Å². The highest BCUT2D eigenvalue weighted by atomic mass is 31.2. The van der Waals surface area contributed by atoms with Crippen molar-refractivity contribution in [1.29, 1.82) is 0 Å². The number of nitrogens with zero attached hydrogens (tertiary/aromatic N) is 1. The van der Waals surface area contributed by atoms with Gasteiger partial charge >= 0.3 is 7.82 Å². The lowest BCUT2D eigenvalue weighted by molar-refractivity contribution is -0.384. The maximum Gasteiger partial charge on any atom is 0.319 e. The van der Waals surface area contributed by atoms with Crippen molar-refractivity contribution in [3.05, 3.63) is 34.4 Å². The average Bonchev–Trinajstić information content (AvgIpc) is 2.17. The Labute approximate surface area is 91.4 Å². The van der Waals surface area contributed by atoms with Crippen molar-refractivity contribution >= 4 is 13.5 Å². The molecule has 0 N–H and O–H groups in total. The number of phosphoric acid groups is 1. The summed E-state index contributed by atoms with van der Waals surface area (Å²) in [4.78, 5) is 20.8. The largest absolute Gasteiger partial charge is 0.746 e. The molecule has 0 spiro atoms. The first-order valence-electron chi connectivity index (χ1n) is 4.34. The summed E-state index contributed by atoms with van der Waals surface area (Å²) in [5.74, 6) is -0.0302. The molecule has 0 saturated carbocycles. The Hall–Kier alpha value is -1.43. The third-order valence-electron chi connectivity index (χ3n) is 1.55. The van der Waals surface area contributed by atoms with Crippen molar-refractivity contribution < 1.29 is 23.4 Å². The first-order valence-corrected chi connectivity index (χ1v) is 5.80. The molecule has 0 aliphatic rings. The molecule has 0 heterocycles. The van der Waals surface area contributed by atoms with Crippen LogP contribution in [0.25, 0.3) is 0 Å². The van der Waals surface area contributed by atoms with Crippen molar-refractivity contribution in [2.24, 2.45) is 0 Å². The molecule has 1 aromatic carbocycles. The minimum Gasteiger partial charge on any atom is -0.746 e. The van der Waals surface area contributed by atoms with E-state index in [0.29, 0.717) is 0 Å². The molecular weight excluding hydrogens is 237 g/mol. The van der Waals surface area contributed by atoms with E-state index in [1.54, 1.807) is 0 Å². The van der Waals surface area contributed by atoms with E-state index in [9.17, 15) is 19.6 Å². The van der Waals surface area contributed by atoms with Gasteiger partial charge < -0.3 is 13.9 Å². The molecule has 16 heavy (non-hydrogen) atoms. The third-order valence-corrected chi connectivity index (χ3v) is 2.56. The highest BCUT2D eigenvalue weighted by molar-refractivity contribution is 7.46. The fourth-order valence-corrected chi connectivity index (χ4v) is 1.69. The van der Waals surface area contributed by atoms with Crippen LogP contribution >= 0.6 is 7.82 Å². The highest BCUT2D eigenvalue weighted by Gasteiger charge is 2.11. The lowest BCUT2D eigenvalue weighted by Gasteiger charge is -2.22. The lowest BCUT2D eigenvalue weighted by atomic mass is 10.3. The molecule has 1 unspecified atom stereocenters. The highest BCUT2D eigenvalue weighted by Crippen LogP contribution is 2.39. The lowest BCUT2D eigenvalue weighted by Crippen LogP contribution is -2.10. The summed E-state index contributed by atoms with van der Waals surface area (Å²) in [7, 11) is -4.37. The smallest absolute Gasteiger partial charge is 0.319 e. The van der Waals surface area contributed by atoms with Crippen LogP contribution in [0.5, 0.6) is 5.75 Å². The normalized spacial score (nSPS) is 14.1. The minimum atomic E-state index is -4.37. The molecule has 7 nitrogen and oxygen atoms in total. The second kappa shape index (κ2) is 5.07. The van der Waals surface area contributed by atoms with Crippen LogP contribution in [0, 0.1) is 10.1 Å². The van der Waals surface area contributed by atoms with Crippen molar-refractivity contribution in [3.63, 3.8) is 0 Å². The molecule has 1 atom stereocenters. The summed E-state index contributed by atoms with van der Waals surface area (Å²) >= 11 is 0. The topological polar surface area (TPSA) is 102 Å². The van der Waals surface area contributed by atoms with Crippen LogP contribution in [0.15, 0.2) is 24.3 Å². The minimum absolute atomic E-state index is 0.0302. The number of hydrogen-bond acceptors (Lipinski definition) is 6. The van der Waals surface area contributed by atoms with Gasteiger partial charge in [0.2, 0.25) is 0 Å². The Bertz CT molecular complexity index is 417. The van der Waals surface area contributed by atoms with Crippen molar-refractivity contribution in [2.45, 2.75) is 6.92 Å². The van der Waals surface area contributed by atoms with Gasteiger partial charge in [0, 0.05) is 12.1 Å². The monoisotopic (exact) mass is 246 g/mol. The second-order valence-electron chi connectivity index (χ2n) is 2.71. The van der Waals surface area contributed by atoms with Gasteiger partial charge in [0.25, 0.3) is 5.69 Å². The van der Waals surface area contributed by atoms with E-state index in [0.717, 1.165) is 12.1 Å². The van der Waals surface area contributed by atoms with Crippen LogP contribution in [0.2, 0.25) is 0 Å². The van der Waals surface area contributed by atoms with E-state index in [1.165, 1.54) is 19.1 Å². The quantitative estimate of drug-likeness (QED) is 0.443. The van der Waals surface area contributed by atoms with Crippen LogP contribution in [0.1, 0.15) is 6.92 Å². The fraction of sp³-hybridized carbons (Fsp3) is 0.250. The van der Waals surface area contributed by atoms with E-state index in [-0.39, 0.29) is 18.0 Å². The Morgan fingerprint density at radius 2 is 1.94 bits per heavy atom. The van der Waals surface area contributed by atoms with E-state index in [4.69, 9.17) is 0 Å². The SMILES string of the molecule is CCOP(=O)([O-])Oc1ccc([N+](=O)[O-])cc1. The van der Waals surface area contributed by atoms with Gasteiger partial charge in [-0.2, -0.15) is 0 Å². The maximum absolute atomic E-state index is 11.1. The van der Waals surface area contributed by atoms with E-state index < -0.39 is 12.7 Å². The van der Waals surface area contributed by atoms with Crippen LogP contribution in [-0.4, -0.2) is 11.5 Å². The Morgan fingerprint density at radius 3 is 2.38 bits per heavy atom. The summed E-state index contributed by atoms with van der Waals surface area (Å²) in [5, 5.41) is 10.3. The molecule has 0 bridgehead atoms. The zero-order valence-electron chi connectivity index (χ0n) is 8.36. The van der Waals surface area contributed by atoms with Gasteiger partial charge in [0.15, 0.2) is 0 Å². The average molecular weight is 246 g/mol. The number of hydrogen-bond donors (Lipinski definition) is 0. The summed E-state index contributed by atoms with van der Waals surface area (Å²) in [6.45, 7) is 1.47. The number of benzene rings is 1. The van der Waals surface area contributed by atoms with Crippen LogP contribution < -0.4 is 9.42 Å². The van der Waals surface area contributed by atoms with E-state index in [2.05, 4.69) is 9.05 Å². The molecule has 0 amide bonds. The molecule has 8 heteroatoms. The molecule has 0 aliphatic heterocycles. The molecular formula is C8H9NO6P-. The first-order chi connectivity index (χ1) is 7.44. The molecule has 0 radical (unpaired) electrons. The maximum atomic E-state index is 11.1. The van der Waals surface area contributed by atoms with Gasteiger partial charge in [-0.1, -0.05) is 0 Å². The number of nitro groups is 1. The number of phosphoric ester groups is 1. The predicted molar refractivity (Wildman–Crippen MR) is 53.0 cm³/mol. The molecule has 0 aromatic heterocycles.